The summed E-state index contributed by atoms with van der Waals surface area (Å²) in [5.74, 6) is 0. The van der Waals surface area contributed by atoms with E-state index in [-0.39, 0.29) is 10.8 Å². The molecular weight excluding hydrogens is 224 g/mol. The summed E-state index contributed by atoms with van der Waals surface area (Å²) in [7, 11) is 0. The summed E-state index contributed by atoms with van der Waals surface area (Å²) in [6, 6.07) is 2.90. The van der Waals surface area contributed by atoms with Gasteiger partial charge in [-0.3, -0.25) is 0 Å². The van der Waals surface area contributed by atoms with Crippen LogP contribution >= 0.6 is 0 Å². The van der Waals surface area contributed by atoms with Crippen molar-refractivity contribution in [2.24, 2.45) is 10.8 Å². The molecule has 1 fully saturated rings. The minimum atomic E-state index is -0.190. The lowest BCUT2D eigenvalue weighted by atomic mass is 9.64. The molecule has 0 radical (unpaired) electrons. The second kappa shape index (κ2) is 6.04. The maximum Gasteiger partial charge on any atom is 0.0683 e. The third kappa shape index (κ3) is 3.70. The molecule has 2 atom stereocenters. The second-order valence-electron chi connectivity index (χ2n) is 6.61. The Morgan fingerprint density at radius 1 is 1.44 bits per heavy atom. The molecule has 1 rings (SSSR count). The highest BCUT2D eigenvalue weighted by atomic mass is 16.5. The molecule has 1 N–H and O–H groups in total. The average molecular weight is 252 g/mol. The molecule has 0 spiro atoms. The fourth-order valence-electron chi connectivity index (χ4n) is 2.58. The van der Waals surface area contributed by atoms with Crippen molar-refractivity contribution >= 4 is 0 Å². The second-order valence-corrected chi connectivity index (χ2v) is 6.61. The van der Waals surface area contributed by atoms with Gasteiger partial charge in [0.2, 0.25) is 0 Å². The largest absolute Gasteiger partial charge is 0.378 e. The lowest BCUT2D eigenvalue weighted by Crippen LogP contribution is -2.61. The van der Waals surface area contributed by atoms with Crippen molar-refractivity contribution in [2.75, 3.05) is 13.2 Å². The van der Waals surface area contributed by atoms with E-state index in [0.717, 1.165) is 32.4 Å². The topological polar surface area (TPSA) is 45.0 Å². The van der Waals surface area contributed by atoms with E-state index in [0.29, 0.717) is 12.1 Å². The zero-order valence-corrected chi connectivity index (χ0v) is 12.5. The summed E-state index contributed by atoms with van der Waals surface area (Å²) in [5, 5.41) is 12.6. The van der Waals surface area contributed by atoms with Crippen LogP contribution in [0.3, 0.4) is 0 Å². The Bertz CT molecular complexity index is 304. The van der Waals surface area contributed by atoms with Gasteiger partial charge in [0.05, 0.1) is 17.6 Å². The van der Waals surface area contributed by atoms with Gasteiger partial charge in [-0.1, -0.05) is 13.8 Å². The number of nitriles is 1. The van der Waals surface area contributed by atoms with E-state index >= 15 is 0 Å². The van der Waals surface area contributed by atoms with Crippen molar-refractivity contribution in [1.29, 1.82) is 5.26 Å². The summed E-state index contributed by atoms with van der Waals surface area (Å²) in [4.78, 5) is 0. The lowest BCUT2D eigenvalue weighted by molar-refractivity contribution is -0.114. The minimum absolute atomic E-state index is 0.190. The molecule has 0 saturated heterocycles. The first-order chi connectivity index (χ1) is 8.33. The summed E-state index contributed by atoms with van der Waals surface area (Å²) in [6.45, 7) is 12.4. The number of rotatable bonds is 7. The molecule has 18 heavy (non-hydrogen) atoms. The quantitative estimate of drug-likeness (QED) is 0.708. The van der Waals surface area contributed by atoms with Crippen molar-refractivity contribution in [3.05, 3.63) is 0 Å². The maximum absolute atomic E-state index is 8.95. The smallest absolute Gasteiger partial charge is 0.0683 e. The molecule has 104 valence electrons. The Morgan fingerprint density at radius 3 is 2.61 bits per heavy atom. The highest BCUT2D eigenvalue weighted by Gasteiger charge is 2.48. The van der Waals surface area contributed by atoms with Crippen molar-refractivity contribution in [1.82, 2.24) is 5.32 Å². The van der Waals surface area contributed by atoms with Crippen molar-refractivity contribution in [2.45, 2.75) is 66.0 Å². The van der Waals surface area contributed by atoms with E-state index in [1.54, 1.807) is 0 Å². The van der Waals surface area contributed by atoms with Crippen LogP contribution < -0.4 is 5.32 Å². The van der Waals surface area contributed by atoms with Gasteiger partial charge in [0.25, 0.3) is 0 Å². The van der Waals surface area contributed by atoms with Crippen LogP contribution in [0.15, 0.2) is 0 Å². The van der Waals surface area contributed by atoms with Crippen LogP contribution in [0.5, 0.6) is 0 Å². The third-order valence-electron chi connectivity index (χ3n) is 4.22. The van der Waals surface area contributed by atoms with Gasteiger partial charge < -0.3 is 10.1 Å². The number of nitrogens with zero attached hydrogens (tertiary/aromatic N) is 1. The zero-order chi connectivity index (χ0) is 13.8. The first-order valence-electron chi connectivity index (χ1n) is 7.09. The van der Waals surface area contributed by atoms with E-state index in [9.17, 15) is 0 Å². The molecule has 0 heterocycles. The van der Waals surface area contributed by atoms with E-state index in [2.05, 4.69) is 32.2 Å². The molecule has 1 aliphatic rings. The Labute approximate surface area is 112 Å². The third-order valence-corrected chi connectivity index (χ3v) is 4.22. The van der Waals surface area contributed by atoms with Gasteiger partial charge in [0, 0.05) is 18.1 Å². The van der Waals surface area contributed by atoms with E-state index < -0.39 is 0 Å². The molecule has 3 heteroatoms. The molecule has 3 nitrogen and oxygen atoms in total. The monoisotopic (exact) mass is 252 g/mol. The summed E-state index contributed by atoms with van der Waals surface area (Å²) < 4.78 is 5.72. The number of hydrogen-bond donors (Lipinski definition) is 1. The normalized spacial score (nSPS) is 26.4. The zero-order valence-electron chi connectivity index (χ0n) is 12.5. The Hall–Kier alpha value is -0.590. The van der Waals surface area contributed by atoms with Gasteiger partial charge in [-0.25, -0.2) is 0 Å². The maximum atomic E-state index is 8.95. The van der Waals surface area contributed by atoms with Gasteiger partial charge in [-0.05, 0) is 46.6 Å². The molecule has 1 saturated carbocycles. The summed E-state index contributed by atoms with van der Waals surface area (Å²) in [6.07, 6.45) is 3.53. The molecule has 1 aliphatic carbocycles. The molecule has 2 unspecified atom stereocenters. The Balaban J connectivity index is 2.21. The van der Waals surface area contributed by atoms with Crippen LogP contribution in [0.1, 0.15) is 53.9 Å². The number of nitrogens with one attached hydrogen (secondary N) is 1. The molecule has 0 aromatic carbocycles. The Kier molecular flexibility index (Phi) is 5.19. The first kappa shape index (κ1) is 15.5. The van der Waals surface area contributed by atoms with E-state index in [1.165, 1.54) is 0 Å². The molecule has 0 aliphatic heterocycles. The van der Waals surface area contributed by atoms with E-state index in [4.69, 9.17) is 10.00 Å². The van der Waals surface area contributed by atoms with Gasteiger partial charge in [-0.15, -0.1) is 0 Å². The van der Waals surface area contributed by atoms with Crippen LogP contribution in [-0.4, -0.2) is 25.3 Å². The molecule has 0 aromatic heterocycles. The van der Waals surface area contributed by atoms with Crippen LogP contribution in [0.2, 0.25) is 0 Å². The van der Waals surface area contributed by atoms with Gasteiger partial charge in [0.15, 0.2) is 0 Å². The van der Waals surface area contributed by atoms with E-state index in [1.807, 2.05) is 13.8 Å². The molecular formula is C15H28N2O. The predicted octanol–water partition coefficient (Wildman–Crippen LogP) is 3.11. The van der Waals surface area contributed by atoms with Crippen LogP contribution in [-0.2, 0) is 4.74 Å². The molecule has 0 amide bonds. The van der Waals surface area contributed by atoms with Crippen molar-refractivity contribution < 1.29 is 4.74 Å². The fourth-order valence-corrected chi connectivity index (χ4v) is 2.58. The summed E-state index contributed by atoms with van der Waals surface area (Å²) in [5.41, 5.74) is 0.0470. The molecule has 0 bridgehead atoms. The van der Waals surface area contributed by atoms with Crippen molar-refractivity contribution in [3.63, 3.8) is 0 Å². The Morgan fingerprint density at radius 2 is 2.11 bits per heavy atom. The van der Waals surface area contributed by atoms with Gasteiger partial charge >= 0.3 is 0 Å². The fraction of sp³-hybridized carbons (Fsp3) is 0.933. The number of hydrogen-bond acceptors (Lipinski definition) is 3. The highest BCUT2D eigenvalue weighted by Crippen LogP contribution is 2.42. The molecule has 0 aromatic rings. The van der Waals surface area contributed by atoms with Crippen molar-refractivity contribution in [3.8, 4) is 6.07 Å². The predicted molar refractivity (Wildman–Crippen MR) is 74.2 cm³/mol. The van der Waals surface area contributed by atoms with Crippen LogP contribution in [0.4, 0.5) is 0 Å². The number of ether oxygens (including phenoxy) is 1. The van der Waals surface area contributed by atoms with Crippen LogP contribution in [0.25, 0.3) is 0 Å². The average Bonchev–Trinajstić information content (AvgIpc) is 2.31. The van der Waals surface area contributed by atoms with Crippen LogP contribution in [0, 0.1) is 22.2 Å². The summed E-state index contributed by atoms with van der Waals surface area (Å²) >= 11 is 0. The highest BCUT2D eigenvalue weighted by molar-refractivity contribution is 5.02. The first-order valence-corrected chi connectivity index (χ1v) is 7.09. The SMILES string of the molecule is CCOC1CC(NCCCC(C)(C)C#N)C1(C)C. The van der Waals surface area contributed by atoms with Gasteiger partial charge in [-0.2, -0.15) is 5.26 Å². The van der Waals surface area contributed by atoms with Gasteiger partial charge in [0.1, 0.15) is 0 Å². The standard InChI is InChI=1S/C15H28N2O/c1-6-18-13-10-12(15(13,4)5)17-9-7-8-14(2,3)11-16/h12-13,17H,6-10H2,1-5H3. The minimum Gasteiger partial charge on any atom is -0.378 e. The lowest BCUT2D eigenvalue weighted by Gasteiger charge is -2.52.